The van der Waals surface area contributed by atoms with Crippen LogP contribution in [0.15, 0.2) is 23.0 Å². The quantitative estimate of drug-likeness (QED) is 0.834. The molecule has 138 valence electrons. The number of amides is 2. The molecule has 25 heavy (non-hydrogen) atoms. The Morgan fingerprint density at radius 1 is 1.28 bits per heavy atom. The van der Waals surface area contributed by atoms with Crippen LogP contribution in [-0.4, -0.2) is 65.8 Å². The zero-order valence-corrected chi connectivity index (χ0v) is 15.5. The van der Waals surface area contributed by atoms with E-state index in [-0.39, 0.29) is 23.1 Å². The van der Waals surface area contributed by atoms with Gasteiger partial charge in [-0.2, -0.15) is 0 Å². The van der Waals surface area contributed by atoms with Gasteiger partial charge in [-0.05, 0) is 13.0 Å². The summed E-state index contributed by atoms with van der Waals surface area (Å²) in [6.45, 7) is 11.2. The van der Waals surface area contributed by atoms with Gasteiger partial charge >= 0.3 is 0 Å². The van der Waals surface area contributed by atoms with E-state index in [1.54, 1.807) is 12.5 Å². The van der Waals surface area contributed by atoms with E-state index in [0.29, 0.717) is 13.0 Å². The largest absolute Gasteiger partial charge is 0.472 e. The third-order valence-electron chi connectivity index (χ3n) is 5.35. The van der Waals surface area contributed by atoms with Gasteiger partial charge in [-0.3, -0.25) is 14.5 Å². The van der Waals surface area contributed by atoms with Crippen LogP contribution < -0.4 is 0 Å². The summed E-state index contributed by atoms with van der Waals surface area (Å²) in [6, 6.07) is 1.98. The summed E-state index contributed by atoms with van der Waals surface area (Å²) in [5.74, 6) is 0.383. The number of furan rings is 1. The van der Waals surface area contributed by atoms with Gasteiger partial charge in [0.05, 0.1) is 12.5 Å². The number of carbonyl (C=O) groups excluding carboxylic acids is 2. The maximum Gasteiger partial charge on any atom is 0.225 e. The first-order chi connectivity index (χ1) is 11.9. The van der Waals surface area contributed by atoms with Crippen molar-refractivity contribution >= 4 is 11.8 Å². The van der Waals surface area contributed by atoms with Gasteiger partial charge in [-0.1, -0.05) is 13.8 Å². The second kappa shape index (κ2) is 7.20. The molecule has 1 spiro atoms. The van der Waals surface area contributed by atoms with E-state index >= 15 is 0 Å². The molecule has 0 saturated carbocycles. The SMILES string of the molecule is CCN1CC2(CC1=O)CN(Cc1ccoc1)CCN(C(=O)C(C)C)C2. The fourth-order valence-corrected chi connectivity index (χ4v) is 4.16. The molecule has 2 saturated heterocycles. The van der Waals surface area contributed by atoms with Gasteiger partial charge in [0.2, 0.25) is 11.8 Å². The highest BCUT2D eigenvalue weighted by atomic mass is 16.3. The average molecular weight is 347 g/mol. The molecular weight excluding hydrogens is 318 g/mol. The van der Waals surface area contributed by atoms with Gasteiger partial charge in [0.1, 0.15) is 0 Å². The van der Waals surface area contributed by atoms with Crippen molar-refractivity contribution in [3.05, 3.63) is 24.2 Å². The zero-order valence-electron chi connectivity index (χ0n) is 15.5. The molecular formula is C19H29N3O3. The first-order valence-electron chi connectivity index (χ1n) is 9.22. The molecule has 1 atom stereocenters. The Morgan fingerprint density at radius 2 is 2.08 bits per heavy atom. The predicted molar refractivity (Wildman–Crippen MR) is 94.7 cm³/mol. The summed E-state index contributed by atoms with van der Waals surface area (Å²) >= 11 is 0. The van der Waals surface area contributed by atoms with Gasteiger partial charge in [0.15, 0.2) is 0 Å². The lowest BCUT2D eigenvalue weighted by Gasteiger charge is -2.34. The van der Waals surface area contributed by atoms with Crippen LogP contribution in [0.3, 0.4) is 0 Å². The topological polar surface area (TPSA) is 57.0 Å². The van der Waals surface area contributed by atoms with E-state index in [1.165, 1.54) is 0 Å². The van der Waals surface area contributed by atoms with Crippen LogP contribution in [0.4, 0.5) is 0 Å². The van der Waals surface area contributed by atoms with Crippen LogP contribution in [0.25, 0.3) is 0 Å². The van der Waals surface area contributed by atoms with E-state index < -0.39 is 0 Å². The van der Waals surface area contributed by atoms with E-state index in [0.717, 1.165) is 44.8 Å². The standard InChI is InChI=1S/C19H29N3O3/c1-4-21-13-19(9-17(21)23)12-20(10-16-5-8-25-11-16)6-7-22(14-19)18(24)15(2)3/h5,8,11,15H,4,6-7,9-10,12-14H2,1-3H3. The number of hydrogen-bond donors (Lipinski definition) is 0. The number of carbonyl (C=O) groups is 2. The van der Waals surface area contributed by atoms with Gasteiger partial charge in [-0.25, -0.2) is 0 Å². The lowest BCUT2D eigenvalue weighted by atomic mass is 9.85. The highest BCUT2D eigenvalue weighted by molar-refractivity contribution is 5.81. The van der Waals surface area contributed by atoms with E-state index in [9.17, 15) is 9.59 Å². The molecule has 1 aromatic heterocycles. The summed E-state index contributed by atoms with van der Waals surface area (Å²) in [6.07, 6.45) is 3.99. The van der Waals surface area contributed by atoms with Gasteiger partial charge in [0.25, 0.3) is 0 Å². The number of hydrogen-bond acceptors (Lipinski definition) is 4. The first kappa shape index (κ1) is 18.0. The van der Waals surface area contributed by atoms with Crippen LogP contribution in [0, 0.1) is 11.3 Å². The Balaban J connectivity index is 1.82. The molecule has 0 radical (unpaired) electrons. The Kier molecular flexibility index (Phi) is 5.18. The third-order valence-corrected chi connectivity index (χ3v) is 5.35. The fraction of sp³-hybridized carbons (Fsp3) is 0.684. The van der Waals surface area contributed by atoms with Crippen LogP contribution >= 0.6 is 0 Å². The molecule has 6 heteroatoms. The minimum atomic E-state index is -0.169. The highest BCUT2D eigenvalue weighted by Crippen LogP contribution is 2.35. The molecule has 2 aliphatic rings. The Morgan fingerprint density at radius 3 is 2.68 bits per heavy atom. The van der Waals surface area contributed by atoms with E-state index in [4.69, 9.17) is 4.42 Å². The van der Waals surface area contributed by atoms with Crippen molar-refractivity contribution in [2.75, 3.05) is 39.3 Å². The Hall–Kier alpha value is -1.82. The second-order valence-electron chi connectivity index (χ2n) is 7.84. The monoisotopic (exact) mass is 347 g/mol. The summed E-state index contributed by atoms with van der Waals surface area (Å²) in [7, 11) is 0. The van der Waals surface area contributed by atoms with Crippen LogP contribution in [0.1, 0.15) is 32.8 Å². The molecule has 2 amide bonds. The van der Waals surface area contributed by atoms with Crippen molar-refractivity contribution in [1.82, 2.24) is 14.7 Å². The maximum atomic E-state index is 12.6. The smallest absolute Gasteiger partial charge is 0.225 e. The second-order valence-corrected chi connectivity index (χ2v) is 7.84. The van der Waals surface area contributed by atoms with E-state index in [2.05, 4.69) is 4.90 Å². The van der Waals surface area contributed by atoms with E-state index in [1.807, 2.05) is 36.6 Å². The highest BCUT2D eigenvalue weighted by Gasteiger charge is 2.46. The molecule has 3 heterocycles. The minimum Gasteiger partial charge on any atom is -0.472 e. The van der Waals surface area contributed by atoms with Crippen molar-refractivity contribution in [1.29, 1.82) is 0 Å². The molecule has 6 nitrogen and oxygen atoms in total. The van der Waals surface area contributed by atoms with Crippen LogP contribution in [-0.2, 0) is 16.1 Å². The predicted octanol–water partition coefficient (Wildman–Crippen LogP) is 1.82. The first-order valence-corrected chi connectivity index (χ1v) is 9.22. The summed E-state index contributed by atoms with van der Waals surface area (Å²) < 4.78 is 5.19. The van der Waals surface area contributed by atoms with Gasteiger partial charge in [-0.15, -0.1) is 0 Å². The Labute approximate surface area is 149 Å². The third kappa shape index (κ3) is 3.89. The summed E-state index contributed by atoms with van der Waals surface area (Å²) in [5, 5.41) is 0. The summed E-state index contributed by atoms with van der Waals surface area (Å²) in [5.41, 5.74) is 0.966. The Bertz CT molecular complexity index is 613. The van der Waals surface area contributed by atoms with Crippen molar-refractivity contribution in [2.45, 2.75) is 33.7 Å². The molecule has 3 rings (SSSR count). The zero-order chi connectivity index (χ0) is 18.0. The van der Waals surface area contributed by atoms with Crippen LogP contribution in [0.2, 0.25) is 0 Å². The molecule has 0 aromatic carbocycles. The summed E-state index contributed by atoms with van der Waals surface area (Å²) in [4.78, 5) is 31.3. The normalized spacial score (nSPS) is 25.2. The number of likely N-dealkylation sites (tertiary alicyclic amines) is 1. The van der Waals surface area contributed by atoms with Gasteiger partial charge in [0, 0.05) is 69.1 Å². The fourth-order valence-electron chi connectivity index (χ4n) is 4.16. The number of nitrogens with zero attached hydrogens (tertiary/aromatic N) is 3. The van der Waals surface area contributed by atoms with Crippen molar-refractivity contribution in [2.24, 2.45) is 11.3 Å². The van der Waals surface area contributed by atoms with Crippen molar-refractivity contribution < 1.29 is 14.0 Å². The minimum absolute atomic E-state index is 0.0168. The lowest BCUT2D eigenvalue weighted by molar-refractivity contribution is -0.135. The van der Waals surface area contributed by atoms with Crippen LogP contribution in [0.5, 0.6) is 0 Å². The molecule has 2 fully saturated rings. The van der Waals surface area contributed by atoms with Crippen molar-refractivity contribution in [3.8, 4) is 0 Å². The van der Waals surface area contributed by atoms with Crippen molar-refractivity contribution in [3.63, 3.8) is 0 Å². The maximum absolute atomic E-state index is 12.6. The molecule has 0 aliphatic carbocycles. The average Bonchev–Trinajstić information content (AvgIpc) is 3.13. The molecule has 0 N–H and O–H groups in total. The molecule has 2 aliphatic heterocycles. The molecule has 0 bridgehead atoms. The molecule has 1 aromatic rings. The van der Waals surface area contributed by atoms with Gasteiger partial charge < -0.3 is 14.2 Å². The molecule has 1 unspecified atom stereocenters. The number of rotatable bonds is 4. The lowest BCUT2D eigenvalue weighted by Crippen LogP contribution is -2.45.